The third-order valence-corrected chi connectivity index (χ3v) is 5.28. The number of ether oxygens (including phenoxy) is 3. The number of rotatable bonds is 4. The Labute approximate surface area is 153 Å². The van der Waals surface area contributed by atoms with Crippen LogP contribution in [-0.4, -0.2) is 46.3 Å². The molecule has 1 aliphatic carbocycles. The molecule has 2 aromatic carbocycles. The second kappa shape index (κ2) is 7.00. The van der Waals surface area contributed by atoms with E-state index in [1.165, 1.54) is 5.69 Å². The molecule has 1 atom stereocenters. The lowest BCUT2D eigenvalue weighted by Crippen LogP contribution is -2.36. The van der Waals surface area contributed by atoms with Gasteiger partial charge in [0.05, 0.1) is 27.4 Å². The van der Waals surface area contributed by atoms with Crippen LogP contribution in [-0.2, 0) is 4.74 Å². The van der Waals surface area contributed by atoms with E-state index in [0.29, 0.717) is 23.5 Å². The maximum atomic E-state index is 12.6. The highest BCUT2D eigenvalue weighted by molar-refractivity contribution is 6.03. The Balaban J connectivity index is 1.67. The maximum Gasteiger partial charge on any atom is 0.164 e. The summed E-state index contributed by atoms with van der Waals surface area (Å²) in [5.41, 5.74) is 4.02. The molecule has 0 saturated carbocycles. The minimum absolute atomic E-state index is 0.0251. The Morgan fingerprint density at radius 3 is 2.42 bits per heavy atom. The molecule has 0 aromatic heterocycles. The molecule has 1 saturated heterocycles. The number of fused-ring (bicyclic) bond motifs is 1. The zero-order valence-electron chi connectivity index (χ0n) is 15.2. The summed E-state index contributed by atoms with van der Waals surface area (Å²) in [5.74, 6) is 1.53. The van der Waals surface area contributed by atoms with E-state index in [2.05, 4.69) is 29.2 Å². The summed E-state index contributed by atoms with van der Waals surface area (Å²) in [6.45, 7) is 3.37. The second-order valence-electron chi connectivity index (χ2n) is 6.66. The van der Waals surface area contributed by atoms with Gasteiger partial charge in [0.15, 0.2) is 5.78 Å². The maximum absolute atomic E-state index is 12.6. The van der Waals surface area contributed by atoms with Crippen molar-refractivity contribution in [1.82, 2.24) is 0 Å². The summed E-state index contributed by atoms with van der Waals surface area (Å²) in [6.07, 6.45) is 0.468. The average molecular weight is 353 g/mol. The smallest absolute Gasteiger partial charge is 0.164 e. The van der Waals surface area contributed by atoms with E-state index < -0.39 is 0 Å². The largest absolute Gasteiger partial charge is 0.497 e. The van der Waals surface area contributed by atoms with E-state index in [9.17, 15) is 4.79 Å². The molecule has 0 amide bonds. The van der Waals surface area contributed by atoms with Gasteiger partial charge >= 0.3 is 0 Å². The van der Waals surface area contributed by atoms with Crippen molar-refractivity contribution in [1.29, 1.82) is 0 Å². The van der Waals surface area contributed by atoms with Gasteiger partial charge in [-0.2, -0.15) is 0 Å². The number of morpholine rings is 1. The van der Waals surface area contributed by atoms with Gasteiger partial charge in [0.25, 0.3) is 0 Å². The standard InChI is InChI=1S/C21H23NO4/c1-24-16-11-18-19(23)13-17(21(18)20(12-16)25-2)14-3-5-15(6-4-14)22-7-9-26-10-8-22/h3-6,11-12,17H,7-10,13H2,1-2H3. The Morgan fingerprint density at radius 1 is 1.04 bits per heavy atom. The number of nitrogens with zero attached hydrogens (tertiary/aromatic N) is 1. The highest BCUT2D eigenvalue weighted by Crippen LogP contribution is 2.45. The third kappa shape index (κ3) is 2.92. The predicted octanol–water partition coefficient (Wildman–Crippen LogP) is 3.26. The lowest BCUT2D eigenvalue weighted by atomic mass is 9.92. The Morgan fingerprint density at radius 2 is 1.77 bits per heavy atom. The van der Waals surface area contributed by atoms with E-state index >= 15 is 0 Å². The van der Waals surface area contributed by atoms with Crippen LogP contribution >= 0.6 is 0 Å². The number of benzene rings is 2. The van der Waals surface area contributed by atoms with Gasteiger partial charge in [0.2, 0.25) is 0 Å². The van der Waals surface area contributed by atoms with Crippen LogP contribution in [0, 0.1) is 0 Å². The molecule has 5 heteroatoms. The predicted molar refractivity (Wildman–Crippen MR) is 99.8 cm³/mol. The molecular weight excluding hydrogens is 330 g/mol. The highest BCUT2D eigenvalue weighted by Gasteiger charge is 2.34. The number of carbonyl (C=O) groups is 1. The van der Waals surface area contributed by atoms with Crippen LogP contribution in [0.2, 0.25) is 0 Å². The number of methoxy groups -OCH3 is 2. The summed E-state index contributed by atoms with van der Waals surface area (Å²) in [5, 5.41) is 0. The number of Topliss-reactive ketones (excluding diaryl/α,β-unsaturated/α-hetero) is 1. The lowest BCUT2D eigenvalue weighted by molar-refractivity contribution is 0.0991. The van der Waals surface area contributed by atoms with E-state index in [1.807, 2.05) is 12.1 Å². The third-order valence-electron chi connectivity index (χ3n) is 5.28. The molecule has 0 N–H and O–H groups in total. The van der Waals surface area contributed by atoms with Crippen LogP contribution in [0.3, 0.4) is 0 Å². The summed E-state index contributed by atoms with van der Waals surface area (Å²) in [6, 6.07) is 12.2. The molecule has 1 unspecified atom stereocenters. The molecule has 26 heavy (non-hydrogen) atoms. The fourth-order valence-electron chi connectivity index (χ4n) is 3.90. The van der Waals surface area contributed by atoms with Crippen LogP contribution < -0.4 is 14.4 Å². The molecule has 2 aliphatic rings. The molecule has 136 valence electrons. The molecule has 2 aromatic rings. The normalized spacial score (nSPS) is 19.4. The first kappa shape index (κ1) is 16.9. The monoisotopic (exact) mass is 353 g/mol. The zero-order chi connectivity index (χ0) is 18.1. The molecule has 1 aliphatic heterocycles. The van der Waals surface area contributed by atoms with Gasteiger partial charge in [-0.1, -0.05) is 12.1 Å². The fourth-order valence-corrected chi connectivity index (χ4v) is 3.90. The number of hydrogen-bond acceptors (Lipinski definition) is 5. The fraction of sp³-hybridized carbons (Fsp3) is 0.381. The van der Waals surface area contributed by atoms with Crippen molar-refractivity contribution in [2.75, 3.05) is 45.4 Å². The first-order valence-electron chi connectivity index (χ1n) is 8.93. The second-order valence-corrected chi connectivity index (χ2v) is 6.66. The van der Waals surface area contributed by atoms with Crippen LogP contribution in [0.15, 0.2) is 36.4 Å². The zero-order valence-corrected chi connectivity index (χ0v) is 15.2. The molecule has 4 rings (SSSR count). The van der Waals surface area contributed by atoms with Crippen molar-refractivity contribution in [3.05, 3.63) is 53.1 Å². The number of carbonyl (C=O) groups excluding carboxylic acids is 1. The van der Waals surface area contributed by atoms with Crippen LogP contribution in [0.4, 0.5) is 5.69 Å². The van der Waals surface area contributed by atoms with Crippen molar-refractivity contribution in [3.8, 4) is 11.5 Å². The SMILES string of the molecule is COc1cc(OC)c2c(c1)C(=O)CC2c1ccc(N2CCOCC2)cc1. The van der Waals surface area contributed by atoms with Gasteiger partial charge < -0.3 is 19.1 Å². The van der Waals surface area contributed by atoms with E-state index in [4.69, 9.17) is 14.2 Å². The minimum Gasteiger partial charge on any atom is -0.497 e. The summed E-state index contributed by atoms with van der Waals surface area (Å²) >= 11 is 0. The molecule has 0 spiro atoms. The molecule has 1 heterocycles. The summed E-state index contributed by atoms with van der Waals surface area (Å²) in [7, 11) is 3.23. The van der Waals surface area contributed by atoms with Gasteiger partial charge in [-0.15, -0.1) is 0 Å². The van der Waals surface area contributed by atoms with Crippen LogP contribution in [0.25, 0.3) is 0 Å². The quantitative estimate of drug-likeness (QED) is 0.844. The molecule has 1 fully saturated rings. The highest BCUT2D eigenvalue weighted by atomic mass is 16.5. The van der Waals surface area contributed by atoms with Crippen LogP contribution in [0.1, 0.15) is 33.8 Å². The van der Waals surface area contributed by atoms with Crippen molar-refractivity contribution >= 4 is 11.5 Å². The van der Waals surface area contributed by atoms with Crippen molar-refractivity contribution < 1.29 is 19.0 Å². The van der Waals surface area contributed by atoms with Gasteiger partial charge in [-0.3, -0.25) is 4.79 Å². The molecular formula is C21H23NO4. The van der Waals surface area contributed by atoms with Crippen molar-refractivity contribution in [2.45, 2.75) is 12.3 Å². The number of anilines is 1. The lowest BCUT2D eigenvalue weighted by Gasteiger charge is -2.29. The number of hydrogen-bond donors (Lipinski definition) is 0. The topological polar surface area (TPSA) is 48.0 Å². The summed E-state index contributed by atoms with van der Waals surface area (Å²) < 4.78 is 16.3. The molecule has 0 bridgehead atoms. The van der Waals surface area contributed by atoms with Gasteiger partial charge in [-0.05, 0) is 23.8 Å². The van der Waals surface area contributed by atoms with Crippen LogP contribution in [0.5, 0.6) is 11.5 Å². The van der Waals surface area contributed by atoms with E-state index in [0.717, 1.165) is 37.4 Å². The first-order valence-corrected chi connectivity index (χ1v) is 8.93. The van der Waals surface area contributed by atoms with E-state index in [-0.39, 0.29) is 11.7 Å². The van der Waals surface area contributed by atoms with Gasteiger partial charge in [0, 0.05) is 48.3 Å². The first-order chi connectivity index (χ1) is 12.7. The van der Waals surface area contributed by atoms with Crippen molar-refractivity contribution in [2.24, 2.45) is 0 Å². The van der Waals surface area contributed by atoms with E-state index in [1.54, 1.807) is 14.2 Å². The Bertz CT molecular complexity index is 810. The Kier molecular flexibility index (Phi) is 4.55. The number of ketones is 1. The Hall–Kier alpha value is -2.53. The summed E-state index contributed by atoms with van der Waals surface area (Å²) in [4.78, 5) is 14.9. The average Bonchev–Trinajstić information content (AvgIpc) is 3.04. The van der Waals surface area contributed by atoms with Gasteiger partial charge in [0.1, 0.15) is 11.5 Å². The molecule has 0 radical (unpaired) electrons. The minimum atomic E-state index is 0.0251. The van der Waals surface area contributed by atoms with Crippen molar-refractivity contribution in [3.63, 3.8) is 0 Å². The molecule has 5 nitrogen and oxygen atoms in total. The van der Waals surface area contributed by atoms with Gasteiger partial charge in [-0.25, -0.2) is 0 Å².